The average Bonchev–Trinajstić information content (AvgIpc) is 2.28. The van der Waals surface area contributed by atoms with Gasteiger partial charge in [-0.2, -0.15) is 0 Å². The molecule has 0 saturated heterocycles. The molecule has 0 aliphatic rings. The molecule has 1 N–H and O–H groups in total. The molecule has 0 aliphatic heterocycles. The van der Waals surface area contributed by atoms with Crippen molar-refractivity contribution in [3.05, 3.63) is 11.6 Å². The van der Waals surface area contributed by atoms with Gasteiger partial charge in [-0.05, 0) is 51.9 Å². The summed E-state index contributed by atoms with van der Waals surface area (Å²) in [4.78, 5) is 11.1. The lowest BCUT2D eigenvalue weighted by Gasteiger charge is -2.15. The van der Waals surface area contributed by atoms with Gasteiger partial charge in [-0.3, -0.25) is 4.79 Å². The molecule has 0 aromatic heterocycles. The van der Waals surface area contributed by atoms with Gasteiger partial charge in [0.2, 0.25) is 0 Å². The van der Waals surface area contributed by atoms with E-state index >= 15 is 0 Å². The monoisotopic (exact) mass is 254 g/mol. The van der Waals surface area contributed by atoms with Crippen LogP contribution in [0.25, 0.3) is 0 Å². The molecule has 0 saturated carbocycles. The summed E-state index contributed by atoms with van der Waals surface area (Å²) in [5, 5.41) is 9.15. The third kappa shape index (κ3) is 9.26. The van der Waals surface area contributed by atoms with Crippen LogP contribution in [0.15, 0.2) is 11.6 Å². The van der Waals surface area contributed by atoms with E-state index in [1.807, 2.05) is 0 Å². The zero-order chi connectivity index (χ0) is 14.0. The van der Waals surface area contributed by atoms with Crippen molar-refractivity contribution in [2.24, 2.45) is 11.8 Å². The fourth-order valence-corrected chi connectivity index (χ4v) is 2.13. The highest BCUT2D eigenvalue weighted by Gasteiger charge is 2.17. The van der Waals surface area contributed by atoms with Crippen LogP contribution in [0.2, 0.25) is 0 Å². The minimum Gasteiger partial charge on any atom is -0.481 e. The Bertz CT molecular complexity index is 252. The molecule has 0 aromatic rings. The summed E-state index contributed by atoms with van der Waals surface area (Å²) in [6, 6.07) is 0. The van der Waals surface area contributed by atoms with Gasteiger partial charge >= 0.3 is 5.97 Å². The smallest absolute Gasteiger partial charge is 0.306 e. The van der Waals surface area contributed by atoms with Gasteiger partial charge < -0.3 is 5.11 Å². The molecule has 0 amide bonds. The van der Waals surface area contributed by atoms with Crippen LogP contribution in [0.3, 0.4) is 0 Å². The number of unbranched alkanes of at least 4 members (excludes halogenated alkanes) is 1. The Balaban J connectivity index is 3.88. The summed E-state index contributed by atoms with van der Waals surface area (Å²) in [6.45, 7) is 8.59. The highest BCUT2D eigenvalue weighted by molar-refractivity contribution is 5.69. The fraction of sp³-hybridized carbons (Fsp3) is 0.812. The lowest BCUT2D eigenvalue weighted by Crippen LogP contribution is -2.14. The molecule has 0 heterocycles. The van der Waals surface area contributed by atoms with Crippen molar-refractivity contribution in [2.75, 3.05) is 0 Å². The molecule has 106 valence electrons. The lowest BCUT2D eigenvalue weighted by molar-refractivity contribution is -0.142. The Kier molecular flexibility index (Phi) is 9.72. The van der Waals surface area contributed by atoms with E-state index < -0.39 is 5.97 Å². The quantitative estimate of drug-likeness (QED) is 0.554. The van der Waals surface area contributed by atoms with E-state index in [2.05, 4.69) is 33.8 Å². The molecule has 0 aromatic carbocycles. The average molecular weight is 254 g/mol. The van der Waals surface area contributed by atoms with Gasteiger partial charge in [-0.25, -0.2) is 0 Å². The Hall–Kier alpha value is -0.790. The SMILES string of the molecule is CCCCC(CCC(C)CCC=C(C)C)C(=O)O. The Labute approximate surface area is 112 Å². The molecule has 0 aliphatic carbocycles. The maximum atomic E-state index is 11.1. The van der Waals surface area contributed by atoms with Crippen LogP contribution in [0.5, 0.6) is 0 Å². The zero-order valence-electron chi connectivity index (χ0n) is 12.5. The summed E-state index contributed by atoms with van der Waals surface area (Å²) < 4.78 is 0. The standard InChI is InChI=1S/C16H30O2/c1-5-6-10-15(16(17)18)12-11-14(4)9-7-8-13(2)3/h8,14-15H,5-7,9-12H2,1-4H3,(H,17,18). The van der Waals surface area contributed by atoms with Crippen LogP contribution in [0.4, 0.5) is 0 Å². The maximum absolute atomic E-state index is 11.1. The normalized spacial score (nSPS) is 14.0. The third-order valence-electron chi connectivity index (χ3n) is 3.48. The molecule has 0 radical (unpaired) electrons. The molecule has 0 fully saturated rings. The molecule has 2 atom stereocenters. The van der Waals surface area contributed by atoms with Crippen LogP contribution >= 0.6 is 0 Å². The second-order valence-electron chi connectivity index (χ2n) is 5.72. The van der Waals surface area contributed by atoms with E-state index in [4.69, 9.17) is 5.11 Å². The first-order valence-electron chi connectivity index (χ1n) is 7.33. The first-order valence-corrected chi connectivity index (χ1v) is 7.33. The Morgan fingerprint density at radius 3 is 2.33 bits per heavy atom. The van der Waals surface area contributed by atoms with Crippen LogP contribution in [0, 0.1) is 11.8 Å². The first-order chi connectivity index (χ1) is 8.47. The molecular formula is C16H30O2. The second kappa shape index (κ2) is 10.2. The number of rotatable bonds is 10. The molecular weight excluding hydrogens is 224 g/mol. The largest absolute Gasteiger partial charge is 0.481 e. The van der Waals surface area contributed by atoms with Gasteiger partial charge in [0.15, 0.2) is 0 Å². The molecule has 0 bridgehead atoms. The van der Waals surface area contributed by atoms with E-state index in [1.165, 1.54) is 12.0 Å². The van der Waals surface area contributed by atoms with Crippen molar-refractivity contribution in [3.8, 4) is 0 Å². The zero-order valence-corrected chi connectivity index (χ0v) is 12.5. The predicted molar refractivity (Wildman–Crippen MR) is 77.7 cm³/mol. The van der Waals surface area contributed by atoms with E-state index in [9.17, 15) is 4.79 Å². The van der Waals surface area contributed by atoms with Crippen molar-refractivity contribution in [2.45, 2.75) is 72.6 Å². The lowest BCUT2D eigenvalue weighted by atomic mass is 9.91. The van der Waals surface area contributed by atoms with Crippen LogP contribution < -0.4 is 0 Å². The van der Waals surface area contributed by atoms with E-state index in [0.717, 1.165) is 38.5 Å². The molecule has 2 unspecified atom stereocenters. The number of hydrogen-bond acceptors (Lipinski definition) is 1. The fourth-order valence-electron chi connectivity index (χ4n) is 2.13. The summed E-state index contributed by atoms with van der Waals surface area (Å²) in [5.41, 5.74) is 1.37. The number of aliphatic carboxylic acids is 1. The van der Waals surface area contributed by atoms with Crippen LogP contribution in [0.1, 0.15) is 72.6 Å². The van der Waals surface area contributed by atoms with Gasteiger partial charge in [0.05, 0.1) is 5.92 Å². The van der Waals surface area contributed by atoms with E-state index in [0.29, 0.717) is 5.92 Å². The van der Waals surface area contributed by atoms with Crippen molar-refractivity contribution in [1.82, 2.24) is 0 Å². The van der Waals surface area contributed by atoms with Crippen molar-refractivity contribution in [3.63, 3.8) is 0 Å². The minimum absolute atomic E-state index is 0.129. The second-order valence-corrected chi connectivity index (χ2v) is 5.72. The molecule has 0 spiro atoms. The van der Waals surface area contributed by atoms with Crippen LogP contribution in [-0.4, -0.2) is 11.1 Å². The molecule has 2 heteroatoms. The summed E-state index contributed by atoms with van der Waals surface area (Å²) in [7, 11) is 0. The predicted octanol–water partition coefficient (Wildman–Crippen LogP) is 5.04. The number of allylic oxidation sites excluding steroid dienone is 2. The maximum Gasteiger partial charge on any atom is 0.306 e. The Morgan fingerprint density at radius 2 is 1.83 bits per heavy atom. The van der Waals surface area contributed by atoms with Crippen LogP contribution in [-0.2, 0) is 4.79 Å². The topological polar surface area (TPSA) is 37.3 Å². The number of carboxylic acid groups (broad SMARTS) is 1. The van der Waals surface area contributed by atoms with Crippen molar-refractivity contribution >= 4 is 5.97 Å². The number of hydrogen-bond donors (Lipinski definition) is 1. The van der Waals surface area contributed by atoms with E-state index in [-0.39, 0.29) is 5.92 Å². The van der Waals surface area contributed by atoms with Gasteiger partial charge in [0.25, 0.3) is 0 Å². The molecule has 18 heavy (non-hydrogen) atoms. The van der Waals surface area contributed by atoms with Gasteiger partial charge in [-0.15, -0.1) is 0 Å². The summed E-state index contributed by atoms with van der Waals surface area (Å²) >= 11 is 0. The van der Waals surface area contributed by atoms with Crippen molar-refractivity contribution < 1.29 is 9.90 Å². The number of carboxylic acids is 1. The molecule has 0 rings (SSSR count). The van der Waals surface area contributed by atoms with Crippen molar-refractivity contribution in [1.29, 1.82) is 0 Å². The molecule has 2 nitrogen and oxygen atoms in total. The van der Waals surface area contributed by atoms with Gasteiger partial charge in [-0.1, -0.05) is 38.3 Å². The van der Waals surface area contributed by atoms with Gasteiger partial charge in [0.1, 0.15) is 0 Å². The number of carbonyl (C=O) groups is 1. The first kappa shape index (κ1) is 17.2. The summed E-state index contributed by atoms with van der Waals surface area (Å²) in [6.07, 6.45) is 9.39. The highest BCUT2D eigenvalue weighted by Crippen LogP contribution is 2.21. The van der Waals surface area contributed by atoms with E-state index in [1.54, 1.807) is 0 Å². The minimum atomic E-state index is -0.611. The summed E-state index contributed by atoms with van der Waals surface area (Å²) in [5.74, 6) is -0.111. The third-order valence-corrected chi connectivity index (χ3v) is 3.48. The Morgan fingerprint density at radius 1 is 1.17 bits per heavy atom. The van der Waals surface area contributed by atoms with Gasteiger partial charge in [0, 0.05) is 0 Å². The highest BCUT2D eigenvalue weighted by atomic mass is 16.4.